The van der Waals surface area contributed by atoms with Gasteiger partial charge < -0.3 is 25.8 Å². The number of amides is 3. The zero-order valence-electron chi connectivity index (χ0n) is 12.1. The summed E-state index contributed by atoms with van der Waals surface area (Å²) < 4.78 is 5.24. The van der Waals surface area contributed by atoms with Crippen molar-refractivity contribution >= 4 is 29.7 Å². The molecule has 1 aliphatic rings. The number of carbonyl (C=O) groups is 3. The van der Waals surface area contributed by atoms with Crippen molar-refractivity contribution in [2.45, 2.75) is 25.0 Å². The Kier molecular flexibility index (Phi) is 6.28. The first-order valence-corrected chi connectivity index (χ1v) is 7.86. The van der Waals surface area contributed by atoms with Gasteiger partial charge in [0.1, 0.15) is 18.2 Å². The molecule has 9 heteroatoms. The van der Waals surface area contributed by atoms with E-state index in [1.165, 1.54) is 4.90 Å². The number of carboxylic acid groups (broad SMARTS) is 1. The second-order valence-corrected chi connectivity index (χ2v) is 6.15. The van der Waals surface area contributed by atoms with Crippen LogP contribution in [0.25, 0.3) is 0 Å². The smallest absolute Gasteiger partial charge is 0.329 e. The molecular formula is C12H21N3O5S. The molecule has 0 spiro atoms. The summed E-state index contributed by atoms with van der Waals surface area (Å²) >= 11 is 1.57. The van der Waals surface area contributed by atoms with Gasteiger partial charge in [-0.1, -0.05) is 0 Å². The molecule has 0 saturated carbocycles. The number of carbonyl (C=O) groups excluding carboxylic acids is 2. The first kappa shape index (κ1) is 17.6. The van der Waals surface area contributed by atoms with E-state index in [1.807, 2.05) is 6.26 Å². The molecule has 120 valence electrons. The van der Waals surface area contributed by atoms with Crippen LogP contribution in [0.2, 0.25) is 0 Å². The second kappa shape index (κ2) is 7.51. The Morgan fingerprint density at radius 1 is 1.48 bits per heavy atom. The molecule has 3 amide bonds. The summed E-state index contributed by atoms with van der Waals surface area (Å²) in [6, 6.07) is -1.39. The zero-order chi connectivity index (χ0) is 16.0. The number of rotatable bonds is 8. The summed E-state index contributed by atoms with van der Waals surface area (Å²) in [5.74, 6) is -0.550. The number of hydrogen-bond donors (Lipinski definition) is 3. The van der Waals surface area contributed by atoms with E-state index in [0.29, 0.717) is 19.5 Å². The van der Waals surface area contributed by atoms with Crippen LogP contribution in [0.15, 0.2) is 0 Å². The van der Waals surface area contributed by atoms with Crippen LogP contribution < -0.4 is 11.1 Å². The van der Waals surface area contributed by atoms with Gasteiger partial charge in [-0.15, -0.1) is 0 Å². The van der Waals surface area contributed by atoms with Gasteiger partial charge in [0.15, 0.2) is 0 Å². The van der Waals surface area contributed by atoms with E-state index in [0.717, 1.165) is 5.75 Å². The van der Waals surface area contributed by atoms with Crippen molar-refractivity contribution < 1.29 is 24.2 Å². The molecule has 0 aromatic rings. The molecule has 0 radical (unpaired) electrons. The Bertz CT molecular complexity index is 412. The molecule has 1 heterocycles. The highest BCUT2D eigenvalue weighted by Crippen LogP contribution is 2.25. The molecule has 0 aromatic heterocycles. The maximum Gasteiger partial charge on any atom is 0.329 e. The molecule has 21 heavy (non-hydrogen) atoms. The minimum absolute atomic E-state index is 0.223. The predicted octanol–water partition coefficient (Wildman–Crippen LogP) is -0.521. The van der Waals surface area contributed by atoms with E-state index in [2.05, 4.69) is 5.32 Å². The van der Waals surface area contributed by atoms with Crippen LogP contribution in [0.3, 0.4) is 0 Å². The fraction of sp³-hybridized carbons (Fsp3) is 0.750. The Morgan fingerprint density at radius 2 is 2.10 bits per heavy atom. The van der Waals surface area contributed by atoms with Crippen LogP contribution in [-0.4, -0.2) is 71.3 Å². The SMILES string of the molecule is CSCCC(NC(N)=O)C(=O)N1CC(C)(OCC(=O)O)C1. The molecule has 4 N–H and O–H groups in total. The summed E-state index contributed by atoms with van der Waals surface area (Å²) in [4.78, 5) is 35.2. The summed E-state index contributed by atoms with van der Waals surface area (Å²) in [6.45, 7) is 1.96. The fourth-order valence-electron chi connectivity index (χ4n) is 2.13. The Balaban J connectivity index is 2.50. The molecule has 1 atom stereocenters. The van der Waals surface area contributed by atoms with E-state index in [1.54, 1.807) is 18.7 Å². The lowest BCUT2D eigenvalue weighted by molar-refractivity contribution is -0.174. The Labute approximate surface area is 127 Å². The van der Waals surface area contributed by atoms with Crippen LogP contribution >= 0.6 is 11.8 Å². The van der Waals surface area contributed by atoms with Crippen LogP contribution in [0.1, 0.15) is 13.3 Å². The third kappa shape index (κ3) is 5.43. The van der Waals surface area contributed by atoms with Crippen LogP contribution in [-0.2, 0) is 14.3 Å². The second-order valence-electron chi connectivity index (χ2n) is 5.17. The van der Waals surface area contributed by atoms with Crippen molar-refractivity contribution in [1.29, 1.82) is 0 Å². The molecule has 0 aliphatic carbocycles. The predicted molar refractivity (Wildman–Crippen MR) is 78.1 cm³/mol. The van der Waals surface area contributed by atoms with E-state index >= 15 is 0 Å². The van der Waals surface area contributed by atoms with Crippen molar-refractivity contribution in [3.63, 3.8) is 0 Å². The van der Waals surface area contributed by atoms with Crippen molar-refractivity contribution in [1.82, 2.24) is 10.2 Å². The minimum atomic E-state index is -1.05. The number of nitrogens with one attached hydrogen (secondary N) is 1. The molecule has 1 fully saturated rings. The first-order chi connectivity index (χ1) is 9.77. The van der Waals surface area contributed by atoms with Gasteiger partial charge in [0.25, 0.3) is 0 Å². The van der Waals surface area contributed by atoms with Gasteiger partial charge in [0, 0.05) is 0 Å². The number of nitrogens with two attached hydrogens (primary N) is 1. The van der Waals surface area contributed by atoms with Gasteiger partial charge in [-0.05, 0) is 25.4 Å². The maximum atomic E-state index is 12.3. The number of urea groups is 1. The monoisotopic (exact) mass is 319 g/mol. The van der Waals surface area contributed by atoms with E-state index in [4.69, 9.17) is 15.6 Å². The highest BCUT2D eigenvalue weighted by atomic mass is 32.2. The fourth-order valence-corrected chi connectivity index (χ4v) is 2.60. The number of thioether (sulfide) groups is 1. The largest absolute Gasteiger partial charge is 0.480 e. The third-order valence-corrected chi connectivity index (χ3v) is 3.78. The normalized spacial score (nSPS) is 17.7. The van der Waals surface area contributed by atoms with Gasteiger partial charge in [0.05, 0.1) is 13.1 Å². The van der Waals surface area contributed by atoms with Crippen molar-refractivity contribution in [2.75, 3.05) is 31.7 Å². The summed E-state index contributed by atoms with van der Waals surface area (Å²) in [7, 11) is 0. The Hall–Kier alpha value is -1.48. The average molecular weight is 319 g/mol. The summed E-state index contributed by atoms with van der Waals surface area (Å²) in [6.07, 6.45) is 2.40. The quantitative estimate of drug-likeness (QED) is 0.553. The van der Waals surface area contributed by atoms with Gasteiger partial charge in [-0.3, -0.25) is 4.79 Å². The molecule has 1 unspecified atom stereocenters. The van der Waals surface area contributed by atoms with Gasteiger partial charge in [0.2, 0.25) is 5.91 Å². The lowest BCUT2D eigenvalue weighted by atomic mass is 9.95. The average Bonchev–Trinajstić information content (AvgIpc) is 2.36. The standard InChI is InChI=1S/C12H21N3O5S/c1-12(20-5-9(16)17)6-15(7-12)10(18)8(3-4-21-2)14-11(13)19/h8H,3-7H2,1-2H3,(H,16,17)(H3,13,14,19). The lowest BCUT2D eigenvalue weighted by Gasteiger charge is -2.48. The van der Waals surface area contributed by atoms with Crippen LogP contribution in [0.4, 0.5) is 4.79 Å². The Morgan fingerprint density at radius 3 is 2.57 bits per heavy atom. The number of primary amides is 1. The van der Waals surface area contributed by atoms with Crippen molar-refractivity contribution in [2.24, 2.45) is 5.73 Å². The molecule has 0 bridgehead atoms. The van der Waals surface area contributed by atoms with Crippen molar-refractivity contribution in [3.8, 4) is 0 Å². The number of hydrogen-bond acceptors (Lipinski definition) is 5. The molecule has 1 saturated heterocycles. The summed E-state index contributed by atoms with van der Waals surface area (Å²) in [5.41, 5.74) is 4.43. The molecule has 1 rings (SSSR count). The van der Waals surface area contributed by atoms with Crippen LogP contribution in [0, 0.1) is 0 Å². The molecule has 1 aliphatic heterocycles. The number of aliphatic carboxylic acids is 1. The highest BCUT2D eigenvalue weighted by molar-refractivity contribution is 7.98. The van der Waals surface area contributed by atoms with Gasteiger partial charge in [-0.2, -0.15) is 11.8 Å². The van der Waals surface area contributed by atoms with Gasteiger partial charge >= 0.3 is 12.0 Å². The highest BCUT2D eigenvalue weighted by Gasteiger charge is 2.44. The molecule has 8 nitrogen and oxygen atoms in total. The first-order valence-electron chi connectivity index (χ1n) is 6.47. The zero-order valence-corrected chi connectivity index (χ0v) is 12.9. The number of carboxylic acids is 1. The minimum Gasteiger partial charge on any atom is -0.480 e. The molecule has 0 aromatic carbocycles. The maximum absolute atomic E-state index is 12.3. The topological polar surface area (TPSA) is 122 Å². The van der Waals surface area contributed by atoms with E-state index in [9.17, 15) is 14.4 Å². The van der Waals surface area contributed by atoms with Crippen molar-refractivity contribution in [3.05, 3.63) is 0 Å². The summed E-state index contributed by atoms with van der Waals surface area (Å²) in [5, 5.41) is 11.0. The van der Waals surface area contributed by atoms with E-state index < -0.39 is 30.3 Å². The number of likely N-dealkylation sites (tertiary alicyclic amines) is 1. The van der Waals surface area contributed by atoms with Crippen LogP contribution in [0.5, 0.6) is 0 Å². The number of ether oxygens (including phenoxy) is 1. The van der Waals surface area contributed by atoms with E-state index in [-0.39, 0.29) is 5.91 Å². The van der Waals surface area contributed by atoms with Gasteiger partial charge in [-0.25, -0.2) is 9.59 Å². The third-order valence-electron chi connectivity index (χ3n) is 3.13. The lowest BCUT2D eigenvalue weighted by Crippen LogP contribution is -2.66. The molecular weight excluding hydrogens is 298 g/mol. The number of nitrogens with zero attached hydrogens (tertiary/aromatic N) is 1.